The molecule has 82 valence electrons. The minimum Gasteiger partial charge on any atom is -0.355 e. The Hall–Kier alpha value is -0.530. The monoisotopic (exact) mass is 197 g/mol. The van der Waals surface area contributed by atoms with E-state index in [0.717, 1.165) is 6.54 Å². The lowest BCUT2D eigenvalue weighted by atomic mass is 9.91. The average molecular weight is 197 g/mol. The van der Waals surface area contributed by atoms with Crippen LogP contribution in [0.2, 0.25) is 0 Å². The van der Waals surface area contributed by atoms with Gasteiger partial charge in [0.25, 0.3) is 0 Å². The number of hydrogen-bond acceptors (Lipinski definition) is 1. The Bertz CT molecular complexity index is 221. The molecule has 1 fully saturated rings. The van der Waals surface area contributed by atoms with Crippen molar-refractivity contribution >= 4 is 5.91 Å². The molecule has 14 heavy (non-hydrogen) atoms. The Morgan fingerprint density at radius 2 is 1.86 bits per heavy atom. The predicted octanol–water partition coefficient (Wildman–Crippen LogP) is 2.58. The van der Waals surface area contributed by atoms with E-state index < -0.39 is 0 Å². The van der Waals surface area contributed by atoms with Crippen molar-refractivity contribution in [1.29, 1.82) is 0 Å². The largest absolute Gasteiger partial charge is 0.355 e. The van der Waals surface area contributed by atoms with Gasteiger partial charge in [-0.2, -0.15) is 0 Å². The van der Waals surface area contributed by atoms with Crippen LogP contribution in [0.4, 0.5) is 0 Å². The standard InChI is InChI=1S/C12H23NO/c1-9(2)12(6-7-12)8-13-10(14)11(3,4)5/h9H,6-8H2,1-5H3,(H,13,14). The second-order valence-corrected chi connectivity index (χ2v) is 5.95. The highest BCUT2D eigenvalue weighted by atomic mass is 16.2. The van der Waals surface area contributed by atoms with Gasteiger partial charge >= 0.3 is 0 Å². The second-order valence-electron chi connectivity index (χ2n) is 5.95. The Balaban J connectivity index is 2.38. The summed E-state index contributed by atoms with van der Waals surface area (Å²) in [5, 5.41) is 3.07. The van der Waals surface area contributed by atoms with Gasteiger partial charge in [-0.25, -0.2) is 0 Å². The van der Waals surface area contributed by atoms with Gasteiger partial charge in [0.1, 0.15) is 0 Å². The highest BCUT2D eigenvalue weighted by molar-refractivity contribution is 5.81. The van der Waals surface area contributed by atoms with Gasteiger partial charge in [-0.1, -0.05) is 34.6 Å². The van der Waals surface area contributed by atoms with Gasteiger partial charge in [0.2, 0.25) is 5.91 Å². The molecule has 1 aliphatic carbocycles. The normalized spacial score (nSPS) is 19.6. The summed E-state index contributed by atoms with van der Waals surface area (Å²) < 4.78 is 0. The first kappa shape index (κ1) is 11.5. The van der Waals surface area contributed by atoms with Crippen molar-refractivity contribution in [2.45, 2.75) is 47.5 Å². The summed E-state index contributed by atoms with van der Waals surface area (Å²) >= 11 is 0. The molecular formula is C12H23NO. The van der Waals surface area contributed by atoms with E-state index in [4.69, 9.17) is 0 Å². The molecule has 0 atom stereocenters. The number of carbonyl (C=O) groups is 1. The summed E-state index contributed by atoms with van der Waals surface area (Å²) in [6, 6.07) is 0. The lowest BCUT2D eigenvalue weighted by Gasteiger charge is -2.23. The van der Waals surface area contributed by atoms with E-state index in [1.807, 2.05) is 20.8 Å². The van der Waals surface area contributed by atoms with Crippen molar-refractivity contribution in [1.82, 2.24) is 5.32 Å². The molecule has 0 heterocycles. The van der Waals surface area contributed by atoms with Crippen LogP contribution in [0.5, 0.6) is 0 Å². The molecule has 0 aromatic heterocycles. The first-order chi connectivity index (χ1) is 6.28. The predicted molar refractivity (Wildman–Crippen MR) is 59.0 cm³/mol. The first-order valence-corrected chi connectivity index (χ1v) is 5.56. The van der Waals surface area contributed by atoms with Crippen molar-refractivity contribution in [2.24, 2.45) is 16.7 Å². The third-order valence-corrected chi connectivity index (χ3v) is 3.40. The van der Waals surface area contributed by atoms with Crippen LogP contribution in [0.1, 0.15) is 47.5 Å². The summed E-state index contributed by atoms with van der Waals surface area (Å²) in [4.78, 5) is 11.7. The van der Waals surface area contributed by atoms with Gasteiger partial charge in [0.15, 0.2) is 0 Å². The van der Waals surface area contributed by atoms with Gasteiger partial charge in [-0.05, 0) is 24.2 Å². The Morgan fingerprint density at radius 3 is 2.14 bits per heavy atom. The van der Waals surface area contributed by atoms with Crippen molar-refractivity contribution in [2.75, 3.05) is 6.54 Å². The number of hydrogen-bond donors (Lipinski definition) is 1. The summed E-state index contributed by atoms with van der Waals surface area (Å²) in [5.41, 5.74) is 0.161. The minimum absolute atomic E-state index is 0.171. The lowest BCUT2D eigenvalue weighted by Crippen LogP contribution is -2.39. The molecule has 0 aromatic carbocycles. The van der Waals surface area contributed by atoms with Crippen LogP contribution in [0.25, 0.3) is 0 Å². The summed E-state index contributed by atoms with van der Waals surface area (Å²) in [6.07, 6.45) is 2.55. The maximum Gasteiger partial charge on any atom is 0.225 e. The summed E-state index contributed by atoms with van der Waals surface area (Å²) in [7, 11) is 0. The molecule has 0 aromatic rings. The number of nitrogens with one attached hydrogen (secondary N) is 1. The summed E-state index contributed by atoms with van der Waals surface area (Å²) in [5.74, 6) is 0.854. The summed E-state index contributed by atoms with van der Waals surface area (Å²) in [6.45, 7) is 11.2. The Morgan fingerprint density at radius 1 is 1.36 bits per heavy atom. The fourth-order valence-corrected chi connectivity index (χ4v) is 1.64. The Labute approximate surface area is 87.5 Å². The van der Waals surface area contributed by atoms with Crippen LogP contribution < -0.4 is 5.32 Å². The number of amides is 1. The molecule has 1 rings (SSSR count). The van der Waals surface area contributed by atoms with Crippen molar-refractivity contribution in [3.63, 3.8) is 0 Å². The Kier molecular flexibility index (Phi) is 2.93. The maximum atomic E-state index is 11.7. The molecule has 2 nitrogen and oxygen atoms in total. The third-order valence-electron chi connectivity index (χ3n) is 3.40. The smallest absolute Gasteiger partial charge is 0.225 e. The van der Waals surface area contributed by atoms with E-state index in [9.17, 15) is 4.79 Å². The molecule has 2 heteroatoms. The number of carbonyl (C=O) groups excluding carboxylic acids is 1. The highest BCUT2D eigenvalue weighted by Gasteiger charge is 2.45. The van der Waals surface area contributed by atoms with E-state index in [0.29, 0.717) is 11.3 Å². The van der Waals surface area contributed by atoms with E-state index in [1.165, 1.54) is 12.8 Å². The van der Waals surface area contributed by atoms with E-state index in [2.05, 4.69) is 19.2 Å². The molecule has 1 saturated carbocycles. The van der Waals surface area contributed by atoms with Crippen molar-refractivity contribution < 1.29 is 4.79 Å². The quantitative estimate of drug-likeness (QED) is 0.740. The first-order valence-electron chi connectivity index (χ1n) is 5.56. The van der Waals surface area contributed by atoms with Gasteiger partial charge in [-0.3, -0.25) is 4.79 Å². The highest BCUT2D eigenvalue weighted by Crippen LogP contribution is 2.51. The minimum atomic E-state index is -0.257. The molecule has 0 bridgehead atoms. The average Bonchev–Trinajstić information content (AvgIpc) is 2.78. The van der Waals surface area contributed by atoms with Crippen LogP contribution in [-0.4, -0.2) is 12.5 Å². The van der Waals surface area contributed by atoms with Gasteiger partial charge < -0.3 is 5.32 Å². The molecule has 0 saturated heterocycles. The fourth-order valence-electron chi connectivity index (χ4n) is 1.64. The maximum absolute atomic E-state index is 11.7. The van der Waals surface area contributed by atoms with Crippen LogP contribution >= 0.6 is 0 Å². The van der Waals surface area contributed by atoms with Crippen molar-refractivity contribution in [3.05, 3.63) is 0 Å². The van der Waals surface area contributed by atoms with Crippen LogP contribution in [-0.2, 0) is 4.79 Å². The van der Waals surface area contributed by atoms with Crippen LogP contribution in [0.15, 0.2) is 0 Å². The van der Waals surface area contributed by atoms with Crippen LogP contribution in [0.3, 0.4) is 0 Å². The topological polar surface area (TPSA) is 29.1 Å². The number of rotatable bonds is 3. The van der Waals surface area contributed by atoms with E-state index >= 15 is 0 Å². The van der Waals surface area contributed by atoms with Gasteiger partial charge in [-0.15, -0.1) is 0 Å². The second kappa shape index (κ2) is 3.56. The molecule has 1 aliphatic rings. The molecular weight excluding hydrogens is 174 g/mol. The molecule has 0 unspecified atom stereocenters. The molecule has 1 amide bonds. The third kappa shape index (κ3) is 2.49. The zero-order chi connectivity index (χ0) is 11.0. The molecule has 0 aliphatic heterocycles. The SMILES string of the molecule is CC(C)C1(CNC(=O)C(C)(C)C)CC1. The molecule has 1 N–H and O–H groups in total. The molecule has 0 spiro atoms. The molecule has 0 radical (unpaired) electrons. The zero-order valence-electron chi connectivity index (χ0n) is 10.1. The zero-order valence-corrected chi connectivity index (χ0v) is 10.1. The van der Waals surface area contributed by atoms with Crippen LogP contribution in [0, 0.1) is 16.7 Å². The fraction of sp³-hybridized carbons (Fsp3) is 0.917. The lowest BCUT2D eigenvalue weighted by molar-refractivity contribution is -0.128. The van der Waals surface area contributed by atoms with Gasteiger partial charge in [0.05, 0.1) is 0 Å². The van der Waals surface area contributed by atoms with E-state index in [-0.39, 0.29) is 11.3 Å². The van der Waals surface area contributed by atoms with E-state index in [1.54, 1.807) is 0 Å². The van der Waals surface area contributed by atoms with Crippen molar-refractivity contribution in [3.8, 4) is 0 Å². The van der Waals surface area contributed by atoms with Gasteiger partial charge in [0, 0.05) is 12.0 Å².